The minimum absolute atomic E-state index is 0.185. The van der Waals surface area contributed by atoms with E-state index in [1.54, 1.807) is 0 Å². The lowest BCUT2D eigenvalue weighted by Crippen LogP contribution is -2.12. The molecule has 17 heavy (non-hydrogen) atoms. The van der Waals surface area contributed by atoms with E-state index in [2.05, 4.69) is 0 Å². The van der Waals surface area contributed by atoms with Crippen molar-refractivity contribution in [2.24, 2.45) is 5.73 Å². The lowest BCUT2D eigenvalue weighted by atomic mass is 10.1. The van der Waals surface area contributed by atoms with Crippen molar-refractivity contribution in [3.05, 3.63) is 51.2 Å². The highest BCUT2D eigenvalue weighted by Crippen LogP contribution is 2.33. The van der Waals surface area contributed by atoms with Gasteiger partial charge in [-0.2, -0.15) is 0 Å². The summed E-state index contributed by atoms with van der Waals surface area (Å²) in [6.45, 7) is 2.60. The van der Waals surface area contributed by atoms with E-state index in [9.17, 15) is 0 Å². The van der Waals surface area contributed by atoms with Crippen molar-refractivity contribution in [1.82, 2.24) is 0 Å². The molecule has 0 saturated carbocycles. The molecule has 2 rings (SSSR count). The van der Waals surface area contributed by atoms with Crippen LogP contribution < -0.4 is 10.5 Å². The second-order valence-corrected chi connectivity index (χ2v) is 5.34. The molecule has 0 saturated heterocycles. The molecule has 0 fully saturated rings. The summed E-state index contributed by atoms with van der Waals surface area (Å²) in [7, 11) is 0. The maximum atomic E-state index is 6.23. The topological polar surface area (TPSA) is 35.2 Å². The quantitative estimate of drug-likeness (QED) is 0.913. The Kier molecular flexibility index (Phi) is 4.05. The highest BCUT2D eigenvalue weighted by Gasteiger charge is 2.15. The smallest absolute Gasteiger partial charge is 0.124 e. The van der Waals surface area contributed by atoms with E-state index in [1.807, 2.05) is 43.3 Å². The third-order valence-corrected chi connectivity index (χ3v) is 3.77. The summed E-state index contributed by atoms with van der Waals surface area (Å²) in [4.78, 5) is 1.04. The zero-order chi connectivity index (χ0) is 12.3. The molecule has 1 atom stereocenters. The fraction of sp³-hybridized carbons (Fsp3) is 0.231. The second kappa shape index (κ2) is 5.54. The van der Waals surface area contributed by atoms with Gasteiger partial charge in [-0.15, -0.1) is 11.3 Å². The Morgan fingerprint density at radius 3 is 2.71 bits per heavy atom. The average molecular weight is 268 g/mol. The number of thiophene rings is 1. The van der Waals surface area contributed by atoms with Crippen molar-refractivity contribution < 1.29 is 4.74 Å². The maximum absolute atomic E-state index is 6.23. The lowest BCUT2D eigenvalue weighted by Gasteiger charge is -2.15. The van der Waals surface area contributed by atoms with E-state index < -0.39 is 0 Å². The molecule has 0 aliphatic rings. The zero-order valence-corrected chi connectivity index (χ0v) is 11.1. The van der Waals surface area contributed by atoms with Crippen molar-refractivity contribution in [3.63, 3.8) is 0 Å². The molecule has 4 heteroatoms. The normalized spacial score (nSPS) is 12.4. The number of benzene rings is 1. The summed E-state index contributed by atoms with van der Waals surface area (Å²) < 4.78 is 6.33. The van der Waals surface area contributed by atoms with Gasteiger partial charge in [0.1, 0.15) is 5.75 Å². The average Bonchev–Trinajstić information content (AvgIpc) is 2.76. The first-order valence-electron chi connectivity index (χ1n) is 5.45. The summed E-state index contributed by atoms with van der Waals surface area (Å²) in [5.41, 5.74) is 7.23. The number of hydrogen-bond donors (Lipinski definition) is 1. The molecule has 1 unspecified atom stereocenters. The molecule has 2 N–H and O–H groups in total. The highest BCUT2D eigenvalue weighted by atomic mass is 35.5. The highest BCUT2D eigenvalue weighted by molar-refractivity contribution is 7.16. The molecule has 0 aliphatic heterocycles. The lowest BCUT2D eigenvalue weighted by molar-refractivity contribution is 0.335. The number of ether oxygens (including phenoxy) is 1. The van der Waals surface area contributed by atoms with E-state index in [1.165, 1.54) is 11.3 Å². The Morgan fingerprint density at radius 1 is 1.29 bits per heavy atom. The van der Waals surface area contributed by atoms with Crippen LogP contribution in [0.3, 0.4) is 0 Å². The predicted molar refractivity (Wildman–Crippen MR) is 73.0 cm³/mol. The van der Waals surface area contributed by atoms with Gasteiger partial charge in [-0.25, -0.2) is 0 Å². The van der Waals surface area contributed by atoms with Crippen LogP contribution >= 0.6 is 22.9 Å². The first-order valence-corrected chi connectivity index (χ1v) is 6.64. The largest absolute Gasteiger partial charge is 0.494 e. The van der Waals surface area contributed by atoms with Crippen LogP contribution in [0.25, 0.3) is 0 Å². The Morgan fingerprint density at radius 2 is 2.06 bits per heavy atom. The molecule has 1 heterocycles. The van der Waals surface area contributed by atoms with E-state index in [-0.39, 0.29) is 6.04 Å². The molecule has 2 aromatic rings. The van der Waals surface area contributed by atoms with Gasteiger partial charge in [0.15, 0.2) is 0 Å². The predicted octanol–water partition coefficient (Wildman–Crippen LogP) is 3.85. The van der Waals surface area contributed by atoms with Crippen LogP contribution in [0.15, 0.2) is 36.4 Å². The van der Waals surface area contributed by atoms with E-state index in [0.29, 0.717) is 6.61 Å². The SMILES string of the molecule is CCOc1ccccc1C(N)c1ccc(Cl)s1. The van der Waals surface area contributed by atoms with Crippen LogP contribution in [-0.4, -0.2) is 6.61 Å². The van der Waals surface area contributed by atoms with Gasteiger partial charge >= 0.3 is 0 Å². The summed E-state index contributed by atoms with van der Waals surface area (Å²) in [6.07, 6.45) is 0. The number of rotatable bonds is 4. The first kappa shape index (κ1) is 12.4. The van der Waals surface area contributed by atoms with Crippen LogP contribution in [0.4, 0.5) is 0 Å². The van der Waals surface area contributed by atoms with E-state index in [4.69, 9.17) is 22.1 Å². The van der Waals surface area contributed by atoms with Crippen molar-refractivity contribution in [2.45, 2.75) is 13.0 Å². The first-order chi connectivity index (χ1) is 8.22. The summed E-state index contributed by atoms with van der Waals surface area (Å²) in [5, 5.41) is 0. The van der Waals surface area contributed by atoms with Gasteiger partial charge in [0.05, 0.1) is 17.0 Å². The van der Waals surface area contributed by atoms with Gasteiger partial charge in [-0.05, 0) is 25.1 Å². The van der Waals surface area contributed by atoms with Gasteiger partial charge in [-0.3, -0.25) is 0 Å². The minimum Gasteiger partial charge on any atom is -0.494 e. The molecule has 90 valence electrons. The fourth-order valence-corrected chi connectivity index (χ4v) is 2.75. The van der Waals surface area contributed by atoms with Gasteiger partial charge in [0.25, 0.3) is 0 Å². The standard InChI is InChI=1S/C13H14ClNOS/c1-2-16-10-6-4-3-5-9(10)13(15)11-7-8-12(14)17-11/h3-8,13H,2,15H2,1H3. The van der Waals surface area contributed by atoms with E-state index >= 15 is 0 Å². The van der Waals surface area contributed by atoms with Crippen molar-refractivity contribution in [2.75, 3.05) is 6.61 Å². The van der Waals surface area contributed by atoms with Crippen molar-refractivity contribution >= 4 is 22.9 Å². The minimum atomic E-state index is -0.185. The number of nitrogens with two attached hydrogens (primary N) is 1. The molecular weight excluding hydrogens is 254 g/mol. The molecule has 0 radical (unpaired) electrons. The van der Waals surface area contributed by atoms with Crippen LogP contribution in [0.2, 0.25) is 4.34 Å². The summed E-state index contributed by atoms with van der Waals surface area (Å²) in [6, 6.07) is 11.5. The number of halogens is 1. The Hall–Kier alpha value is -1.03. The van der Waals surface area contributed by atoms with Crippen LogP contribution in [0, 0.1) is 0 Å². The monoisotopic (exact) mass is 267 g/mol. The third-order valence-electron chi connectivity index (χ3n) is 2.45. The van der Waals surface area contributed by atoms with Gasteiger partial charge in [0.2, 0.25) is 0 Å². The van der Waals surface area contributed by atoms with Crippen LogP contribution in [-0.2, 0) is 0 Å². The maximum Gasteiger partial charge on any atom is 0.124 e. The Balaban J connectivity index is 2.33. The molecule has 0 spiro atoms. The molecule has 1 aromatic heterocycles. The van der Waals surface area contributed by atoms with Gasteiger partial charge in [-0.1, -0.05) is 29.8 Å². The number of para-hydroxylation sites is 1. The molecule has 0 aliphatic carbocycles. The molecule has 0 amide bonds. The van der Waals surface area contributed by atoms with E-state index in [0.717, 1.165) is 20.5 Å². The Labute approximate surface area is 110 Å². The Bertz CT molecular complexity index is 498. The van der Waals surface area contributed by atoms with Gasteiger partial charge in [0, 0.05) is 10.4 Å². The molecule has 0 bridgehead atoms. The zero-order valence-electron chi connectivity index (χ0n) is 9.52. The number of hydrogen-bond acceptors (Lipinski definition) is 3. The van der Waals surface area contributed by atoms with Crippen molar-refractivity contribution in [3.8, 4) is 5.75 Å². The third kappa shape index (κ3) is 2.80. The second-order valence-electron chi connectivity index (χ2n) is 3.59. The molecule has 1 aromatic carbocycles. The fourth-order valence-electron chi connectivity index (χ4n) is 1.67. The summed E-state index contributed by atoms with van der Waals surface area (Å²) >= 11 is 7.43. The molecular formula is C13H14ClNOS. The van der Waals surface area contributed by atoms with Crippen LogP contribution in [0.1, 0.15) is 23.4 Å². The summed E-state index contributed by atoms with van der Waals surface area (Å²) in [5.74, 6) is 0.840. The van der Waals surface area contributed by atoms with Crippen LogP contribution in [0.5, 0.6) is 5.75 Å². The van der Waals surface area contributed by atoms with Gasteiger partial charge < -0.3 is 10.5 Å². The van der Waals surface area contributed by atoms with Crippen molar-refractivity contribution in [1.29, 1.82) is 0 Å². The molecule has 2 nitrogen and oxygen atoms in total.